The van der Waals surface area contributed by atoms with Crippen LogP contribution in [0.3, 0.4) is 0 Å². The normalized spacial score (nSPS) is 24.5. The average Bonchev–Trinajstić information content (AvgIpc) is 3.22. The molecule has 3 aliphatic heterocycles. The molecule has 4 unspecified atom stereocenters. The zero-order chi connectivity index (χ0) is 24.0. The van der Waals surface area contributed by atoms with Gasteiger partial charge in [-0.1, -0.05) is 85.7 Å². The van der Waals surface area contributed by atoms with Gasteiger partial charge in [0, 0.05) is 28.2 Å². The van der Waals surface area contributed by atoms with Crippen molar-refractivity contribution < 1.29 is 4.74 Å². The number of benzene rings is 4. The zero-order valence-corrected chi connectivity index (χ0v) is 21.5. The van der Waals surface area contributed by atoms with Crippen molar-refractivity contribution in [2.75, 3.05) is 4.90 Å². The van der Waals surface area contributed by atoms with Crippen molar-refractivity contribution in [1.29, 1.82) is 0 Å². The number of rotatable bonds is 2. The minimum Gasteiger partial charge on any atom is -0.456 e. The average molecular weight is 485 g/mol. The predicted octanol–water partition coefficient (Wildman–Crippen LogP) is 6.44. The molecular formula is C32H28BNOS. The molecule has 1 fully saturated rings. The van der Waals surface area contributed by atoms with Gasteiger partial charge in [0.05, 0.1) is 4.90 Å². The van der Waals surface area contributed by atoms with Crippen molar-refractivity contribution in [1.82, 2.24) is 0 Å². The van der Waals surface area contributed by atoms with Crippen LogP contribution < -0.4 is 26.0 Å². The minimum absolute atomic E-state index is 0.243. The lowest BCUT2D eigenvalue weighted by Crippen LogP contribution is -2.60. The first-order chi connectivity index (χ1) is 17.7. The van der Waals surface area contributed by atoms with E-state index in [0.29, 0.717) is 12.0 Å². The Hall–Kier alpha value is -3.11. The summed E-state index contributed by atoms with van der Waals surface area (Å²) in [5, 5.41) is 0. The third-order valence-corrected chi connectivity index (χ3v) is 10.4. The second-order valence-electron chi connectivity index (χ2n) is 11.1. The Morgan fingerprint density at radius 3 is 2.47 bits per heavy atom. The molecule has 36 heavy (non-hydrogen) atoms. The Balaban J connectivity index is 1.34. The van der Waals surface area contributed by atoms with E-state index in [4.69, 9.17) is 4.74 Å². The fraction of sp³-hybridized carbons (Fsp3) is 0.250. The van der Waals surface area contributed by atoms with Gasteiger partial charge in [-0.3, -0.25) is 0 Å². The van der Waals surface area contributed by atoms with Crippen LogP contribution in [0.1, 0.15) is 38.2 Å². The molecule has 4 aromatic rings. The van der Waals surface area contributed by atoms with Crippen molar-refractivity contribution in [3.05, 3.63) is 90.5 Å². The summed E-state index contributed by atoms with van der Waals surface area (Å²) >= 11 is 1.88. The highest BCUT2D eigenvalue weighted by Gasteiger charge is 2.51. The van der Waals surface area contributed by atoms with E-state index in [9.17, 15) is 0 Å². The molecule has 0 aromatic heterocycles. The highest BCUT2D eigenvalue weighted by Crippen LogP contribution is 2.54. The Morgan fingerprint density at radius 1 is 0.806 bits per heavy atom. The van der Waals surface area contributed by atoms with Gasteiger partial charge in [0.25, 0.3) is 0 Å². The van der Waals surface area contributed by atoms with Crippen LogP contribution in [0, 0.1) is 11.8 Å². The van der Waals surface area contributed by atoms with Gasteiger partial charge in [-0.2, -0.15) is 0 Å². The Kier molecular flexibility index (Phi) is 4.49. The number of hydrogen-bond acceptors (Lipinski definition) is 3. The third kappa shape index (κ3) is 2.82. The Morgan fingerprint density at radius 2 is 1.58 bits per heavy atom. The molecule has 0 radical (unpaired) electrons. The number of fused-ring (bicyclic) bond motifs is 7. The highest BCUT2D eigenvalue weighted by atomic mass is 32.2. The maximum Gasteiger partial charge on any atom is 0.249 e. The van der Waals surface area contributed by atoms with E-state index in [1.165, 1.54) is 50.4 Å². The van der Waals surface area contributed by atoms with Crippen molar-refractivity contribution >= 4 is 46.2 Å². The molecule has 4 aromatic carbocycles. The fourth-order valence-corrected chi connectivity index (χ4v) is 8.53. The second kappa shape index (κ2) is 7.70. The molecule has 0 amide bonds. The summed E-state index contributed by atoms with van der Waals surface area (Å²) in [6, 6.07) is 31.4. The van der Waals surface area contributed by atoms with Crippen LogP contribution in [0.5, 0.6) is 11.5 Å². The summed E-state index contributed by atoms with van der Waals surface area (Å²) < 4.78 is 6.45. The predicted molar refractivity (Wildman–Crippen MR) is 151 cm³/mol. The first kappa shape index (κ1) is 21.0. The molecule has 0 N–H and O–H groups in total. The van der Waals surface area contributed by atoms with Crippen LogP contribution in [-0.2, 0) is 0 Å². The van der Waals surface area contributed by atoms with Crippen LogP contribution in [0.2, 0.25) is 0 Å². The molecule has 8 rings (SSSR count). The minimum atomic E-state index is 0.243. The second-order valence-corrected chi connectivity index (χ2v) is 12.1. The van der Waals surface area contributed by atoms with Crippen molar-refractivity contribution in [3.8, 4) is 11.5 Å². The van der Waals surface area contributed by atoms with Crippen LogP contribution in [0.4, 0.5) is 11.4 Å². The van der Waals surface area contributed by atoms with E-state index in [-0.39, 0.29) is 6.71 Å². The molecule has 4 atom stereocenters. The van der Waals surface area contributed by atoms with E-state index in [2.05, 4.69) is 73.3 Å². The molecular weight excluding hydrogens is 457 g/mol. The molecule has 2 nitrogen and oxygen atoms in total. The largest absolute Gasteiger partial charge is 0.456 e. The number of nitrogens with zero attached hydrogens (tertiary/aromatic N) is 1. The summed E-state index contributed by atoms with van der Waals surface area (Å²) in [5.74, 6) is 3.99. The zero-order valence-electron chi connectivity index (χ0n) is 20.6. The van der Waals surface area contributed by atoms with Gasteiger partial charge in [0.1, 0.15) is 11.5 Å². The molecule has 1 aliphatic carbocycles. The molecule has 4 heteroatoms. The number of ether oxygens (including phenoxy) is 1. The number of anilines is 2. The monoisotopic (exact) mass is 485 g/mol. The van der Waals surface area contributed by atoms with Gasteiger partial charge in [-0.15, -0.1) is 0 Å². The van der Waals surface area contributed by atoms with Gasteiger partial charge < -0.3 is 9.64 Å². The SMILES string of the molecule is CC1CC2c3cccc4c3N(c3cccc5c3B4c3cccc(Oc4ccccc4)c3S5)C2CC1C. The van der Waals surface area contributed by atoms with Gasteiger partial charge in [0.15, 0.2) is 0 Å². The Labute approximate surface area is 217 Å². The van der Waals surface area contributed by atoms with E-state index >= 15 is 0 Å². The first-order valence-electron chi connectivity index (χ1n) is 13.3. The lowest BCUT2D eigenvalue weighted by atomic mass is 9.35. The van der Waals surface area contributed by atoms with Crippen LogP contribution in [0.15, 0.2) is 94.7 Å². The Bertz CT molecular complexity index is 1520. The molecule has 4 aliphatic rings. The molecule has 0 spiro atoms. The first-order valence-corrected chi connectivity index (χ1v) is 14.1. The van der Waals surface area contributed by atoms with Crippen molar-refractivity contribution in [3.63, 3.8) is 0 Å². The molecule has 3 heterocycles. The summed E-state index contributed by atoms with van der Waals surface area (Å²) in [6.45, 7) is 5.16. The van der Waals surface area contributed by atoms with Gasteiger partial charge in [-0.05, 0) is 71.5 Å². The molecule has 1 saturated carbocycles. The van der Waals surface area contributed by atoms with E-state index < -0.39 is 0 Å². The van der Waals surface area contributed by atoms with Crippen LogP contribution >= 0.6 is 11.8 Å². The van der Waals surface area contributed by atoms with Crippen LogP contribution in [-0.4, -0.2) is 12.8 Å². The quantitative estimate of drug-likeness (QED) is 0.267. The summed E-state index contributed by atoms with van der Waals surface area (Å²) in [4.78, 5) is 5.37. The maximum absolute atomic E-state index is 6.45. The number of para-hydroxylation sites is 2. The van der Waals surface area contributed by atoms with Crippen LogP contribution in [0.25, 0.3) is 0 Å². The smallest absolute Gasteiger partial charge is 0.249 e. The van der Waals surface area contributed by atoms with E-state index in [1.54, 1.807) is 5.56 Å². The van der Waals surface area contributed by atoms with Gasteiger partial charge in [0.2, 0.25) is 6.71 Å². The lowest BCUT2D eigenvalue weighted by Gasteiger charge is -2.44. The van der Waals surface area contributed by atoms with Gasteiger partial charge in [-0.25, -0.2) is 0 Å². The third-order valence-electron chi connectivity index (χ3n) is 9.15. The van der Waals surface area contributed by atoms with Crippen molar-refractivity contribution in [2.45, 2.75) is 48.4 Å². The van der Waals surface area contributed by atoms with Gasteiger partial charge >= 0.3 is 0 Å². The highest BCUT2D eigenvalue weighted by molar-refractivity contribution is 8.00. The standard InChI is InChI=1S/C32H28BNOS/c1-19-17-23-22-11-6-12-24-31(22)34(27(23)18-20(19)2)26-14-8-16-29-30(26)33(24)25-13-7-15-28(32(25)36-29)35-21-9-4-3-5-10-21/h3-16,19-20,23,27H,17-18H2,1-2H3. The summed E-state index contributed by atoms with van der Waals surface area (Å²) in [6.07, 6.45) is 2.56. The van der Waals surface area contributed by atoms with E-state index in [1.807, 2.05) is 42.1 Å². The molecule has 0 bridgehead atoms. The van der Waals surface area contributed by atoms with Crippen molar-refractivity contribution in [2.24, 2.45) is 11.8 Å². The summed E-state index contributed by atoms with van der Waals surface area (Å²) in [5.41, 5.74) is 8.83. The molecule has 176 valence electrons. The number of hydrogen-bond donors (Lipinski definition) is 0. The molecule has 0 saturated heterocycles. The lowest BCUT2D eigenvalue weighted by molar-refractivity contribution is 0.231. The maximum atomic E-state index is 6.45. The van der Waals surface area contributed by atoms with E-state index in [0.717, 1.165) is 23.3 Å². The summed E-state index contributed by atoms with van der Waals surface area (Å²) in [7, 11) is 0. The topological polar surface area (TPSA) is 12.5 Å². The fourth-order valence-electron chi connectivity index (χ4n) is 7.32.